The molecule has 0 aliphatic carbocycles. The normalized spacial score (nSPS) is 10.7. The summed E-state index contributed by atoms with van der Waals surface area (Å²) in [5.41, 5.74) is 6.46. The second kappa shape index (κ2) is 10.2. The average Bonchev–Trinajstić information content (AvgIpc) is 2.91. The number of nitrogens with one attached hydrogen (secondary N) is 2. The molecule has 7 nitrogen and oxygen atoms in total. The number of hydrogen-bond donors (Lipinski definition) is 2. The van der Waals surface area contributed by atoms with Gasteiger partial charge in [-0.3, -0.25) is 14.8 Å². The Morgan fingerprint density at radius 2 is 1.61 bits per heavy atom. The van der Waals surface area contributed by atoms with Crippen molar-refractivity contribution in [3.05, 3.63) is 114 Å². The van der Waals surface area contributed by atoms with Crippen LogP contribution in [0.1, 0.15) is 21.5 Å². The standard InChI is InChI=1S/C29H26N6O/c1-35(2)24-8-9-26-25(18-24)27(13-16-31-26)34-28-10-5-22(19-32-28)29(36)33-23-6-3-20(4-7-23)17-21-11-14-30-15-12-21/h3-16,18-19H,17H2,1-2H3,(H,33,36)(H,31,32,34). The Bertz CT molecular complexity index is 1480. The van der Waals surface area contributed by atoms with Crippen LogP contribution in [0.5, 0.6) is 0 Å². The fraction of sp³-hybridized carbons (Fsp3) is 0.103. The SMILES string of the molecule is CN(C)c1ccc2nccc(Nc3ccc(C(=O)Nc4ccc(Cc5ccncc5)cc4)cn3)c2c1. The minimum atomic E-state index is -0.207. The van der Waals surface area contributed by atoms with Crippen molar-refractivity contribution >= 4 is 39.7 Å². The topological polar surface area (TPSA) is 83.0 Å². The van der Waals surface area contributed by atoms with Crippen LogP contribution in [0.25, 0.3) is 10.9 Å². The van der Waals surface area contributed by atoms with Gasteiger partial charge in [-0.1, -0.05) is 12.1 Å². The summed E-state index contributed by atoms with van der Waals surface area (Å²) in [4.78, 5) is 27.8. The second-order valence-electron chi connectivity index (χ2n) is 8.69. The molecule has 7 heteroatoms. The molecule has 0 bridgehead atoms. The maximum atomic E-state index is 12.7. The third-order valence-electron chi connectivity index (χ3n) is 5.90. The number of carbonyl (C=O) groups is 1. The van der Waals surface area contributed by atoms with Gasteiger partial charge in [0, 0.05) is 55.6 Å². The van der Waals surface area contributed by atoms with Crippen LogP contribution < -0.4 is 15.5 Å². The molecule has 0 aliphatic heterocycles. The van der Waals surface area contributed by atoms with Crippen LogP contribution in [0.2, 0.25) is 0 Å². The van der Waals surface area contributed by atoms with Crippen molar-refractivity contribution in [1.82, 2.24) is 15.0 Å². The number of pyridine rings is 3. The summed E-state index contributed by atoms with van der Waals surface area (Å²) in [6.45, 7) is 0. The molecule has 5 rings (SSSR count). The Morgan fingerprint density at radius 3 is 2.33 bits per heavy atom. The highest BCUT2D eigenvalue weighted by Crippen LogP contribution is 2.28. The van der Waals surface area contributed by atoms with Crippen LogP contribution in [0.15, 0.2) is 97.6 Å². The molecule has 0 saturated carbocycles. The molecule has 3 heterocycles. The van der Waals surface area contributed by atoms with Gasteiger partial charge in [0.2, 0.25) is 0 Å². The number of carbonyl (C=O) groups excluding carboxylic acids is 1. The summed E-state index contributed by atoms with van der Waals surface area (Å²) in [7, 11) is 4.01. The zero-order valence-corrected chi connectivity index (χ0v) is 20.1. The van der Waals surface area contributed by atoms with Crippen molar-refractivity contribution in [3.63, 3.8) is 0 Å². The fourth-order valence-corrected chi connectivity index (χ4v) is 3.91. The van der Waals surface area contributed by atoms with Crippen LogP contribution in [0.3, 0.4) is 0 Å². The summed E-state index contributed by atoms with van der Waals surface area (Å²) in [6.07, 6.45) is 7.74. The quantitative estimate of drug-likeness (QED) is 0.316. The highest BCUT2D eigenvalue weighted by Gasteiger charge is 2.09. The van der Waals surface area contributed by atoms with Crippen LogP contribution in [-0.2, 0) is 6.42 Å². The molecule has 0 saturated heterocycles. The Kier molecular flexibility index (Phi) is 6.53. The molecule has 0 spiro atoms. The van der Waals surface area contributed by atoms with Crippen molar-refractivity contribution in [2.24, 2.45) is 0 Å². The van der Waals surface area contributed by atoms with E-state index in [4.69, 9.17) is 0 Å². The van der Waals surface area contributed by atoms with E-state index in [9.17, 15) is 4.79 Å². The third kappa shape index (κ3) is 5.31. The van der Waals surface area contributed by atoms with E-state index in [0.29, 0.717) is 11.4 Å². The monoisotopic (exact) mass is 474 g/mol. The lowest BCUT2D eigenvalue weighted by Crippen LogP contribution is -2.12. The summed E-state index contributed by atoms with van der Waals surface area (Å²) < 4.78 is 0. The molecule has 1 amide bonds. The highest BCUT2D eigenvalue weighted by atomic mass is 16.1. The summed E-state index contributed by atoms with van der Waals surface area (Å²) in [6, 6.07) is 23.5. The van der Waals surface area contributed by atoms with Gasteiger partial charge in [-0.15, -0.1) is 0 Å². The van der Waals surface area contributed by atoms with E-state index in [1.165, 1.54) is 5.56 Å². The molecular formula is C29H26N6O. The molecule has 0 unspecified atom stereocenters. The molecule has 0 aliphatic rings. The molecule has 0 radical (unpaired) electrons. The molecular weight excluding hydrogens is 448 g/mol. The Balaban J connectivity index is 1.25. The lowest BCUT2D eigenvalue weighted by molar-refractivity contribution is 0.102. The number of rotatable bonds is 7. The van der Waals surface area contributed by atoms with Gasteiger partial charge in [0.1, 0.15) is 5.82 Å². The molecule has 3 aromatic heterocycles. The van der Waals surface area contributed by atoms with Crippen LogP contribution in [0.4, 0.5) is 22.9 Å². The van der Waals surface area contributed by atoms with E-state index in [1.807, 2.05) is 68.7 Å². The van der Waals surface area contributed by atoms with Gasteiger partial charge >= 0.3 is 0 Å². The second-order valence-corrected chi connectivity index (χ2v) is 8.69. The Labute approximate surface area is 209 Å². The Morgan fingerprint density at radius 1 is 0.833 bits per heavy atom. The molecule has 5 aromatic rings. The first-order valence-corrected chi connectivity index (χ1v) is 11.6. The van der Waals surface area contributed by atoms with Crippen LogP contribution >= 0.6 is 0 Å². The average molecular weight is 475 g/mol. The number of nitrogens with zero attached hydrogens (tertiary/aromatic N) is 4. The van der Waals surface area contributed by atoms with E-state index in [-0.39, 0.29) is 5.91 Å². The molecule has 36 heavy (non-hydrogen) atoms. The smallest absolute Gasteiger partial charge is 0.257 e. The lowest BCUT2D eigenvalue weighted by atomic mass is 10.1. The van der Waals surface area contributed by atoms with Crippen molar-refractivity contribution < 1.29 is 4.79 Å². The third-order valence-corrected chi connectivity index (χ3v) is 5.90. The number of anilines is 4. The van der Waals surface area contributed by atoms with E-state index in [2.05, 4.69) is 36.6 Å². The minimum absolute atomic E-state index is 0.207. The summed E-state index contributed by atoms with van der Waals surface area (Å²) in [5, 5.41) is 7.29. The number of benzene rings is 2. The number of hydrogen-bond acceptors (Lipinski definition) is 6. The van der Waals surface area contributed by atoms with Crippen molar-refractivity contribution in [3.8, 4) is 0 Å². The van der Waals surface area contributed by atoms with Crippen molar-refractivity contribution in [1.29, 1.82) is 0 Å². The maximum Gasteiger partial charge on any atom is 0.257 e. The first kappa shape index (κ1) is 23.0. The molecule has 0 fully saturated rings. The molecule has 2 aromatic carbocycles. The molecule has 178 valence electrons. The number of aromatic nitrogens is 3. The predicted octanol–water partition coefficient (Wildman–Crippen LogP) is 5.68. The summed E-state index contributed by atoms with van der Waals surface area (Å²) >= 11 is 0. The zero-order chi connectivity index (χ0) is 24.9. The van der Waals surface area contributed by atoms with Gasteiger partial charge < -0.3 is 15.5 Å². The highest BCUT2D eigenvalue weighted by molar-refractivity contribution is 6.04. The predicted molar refractivity (Wildman–Crippen MR) is 145 cm³/mol. The van der Waals surface area contributed by atoms with Gasteiger partial charge in [0.25, 0.3) is 5.91 Å². The zero-order valence-electron chi connectivity index (χ0n) is 20.1. The largest absolute Gasteiger partial charge is 0.378 e. The number of fused-ring (bicyclic) bond motifs is 1. The van der Waals surface area contributed by atoms with Gasteiger partial charge in [-0.25, -0.2) is 4.98 Å². The molecule has 0 atom stereocenters. The van der Waals surface area contributed by atoms with Crippen LogP contribution in [0, 0.1) is 0 Å². The van der Waals surface area contributed by atoms with Gasteiger partial charge in [-0.2, -0.15) is 0 Å². The first-order valence-electron chi connectivity index (χ1n) is 11.6. The lowest BCUT2D eigenvalue weighted by Gasteiger charge is -2.15. The fourth-order valence-electron chi connectivity index (χ4n) is 3.91. The first-order chi connectivity index (χ1) is 17.5. The Hall–Kier alpha value is -4.78. The van der Waals surface area contributed by atoms with Crippen LogP contribution in [-0.4, -0.2) is 35.0 Å². The van der Waals surface area contributed by atoms with Gasteiger partial charge in [0.05, 0.1) is 16.8 Å². The van der Waals surface area contributed by atoms with E-state index < -0.39 is 0 Å². The van der Waals surface area contributed by atoms with E-state index in [0.717, 1.165) is 39.9 Å². The van der Waals surface area contributed by atoms with Crippen molar-refractivity contribution in [2.45, 2.75) is 6.42 Å². The number of amides is 1. The molecule has 2 N–H and O–H groups in total. The van der Waals surface area contributed by atoms with E-state index >= 15 is 0 Å². The maximum absolute atomic E-state index is 12.7. The minimum Gasteiger partial charge on any atom is -0.378 e. The van der Waals surface area contributed by atoms with Gasteiger partial charge in [-0.05, 0) is 78.2 Å². The van der Waals surface area contributed by atoms with Gasteiger partial charge in [0.15, 0.2) is 0 Å². The van der Waals surface area contributed by atoms with Crippen molar-refractivity contribution in [2.75, 3.05) is 29.6 Å². The summed E-state index contributed by atoms with van der Waals surface area (Å²) in [5.74, 6) is 0.440. The van der Waals surface area contributed by atoms with E-state index in [1.54, 1.807) is 36.9 Å².